The molecule has 3 rings (SSSR count). The molecule has 8 heteroatoms. The summed E-state index contributed by atoms with van der Waals surface area (Å²) in [7, 11) is 0. The molecule has 0 unspecified atom stereocenters. The number of thioether (sulfide) groups is 1. The predicted octanol–water partition coefficient (Wildman–Crippen LogP) is 4.69. The Bertz CT molecular complexity index is 926. The topological polar surface area (TPSA) is 85.1 Å². The van der Waals surface area contributed by atoms with Crippen LogP contribution in [0.15, 0.2) is 58.9 Å². The molecule has 0 saturated carbocycles. The summed E-state index contributed by atoms with van der Waals surface area (Å²) < 4.78 is 0.827. The van der Waals surface area contributed by atoms with Crippen LogP contribution in [-0.2, 0) is 0 Å². The largest absolute Gasteiger partial charge is 0.312 e. The molecule has 2 aromatic carbocycles. The van der Waals surface area contributed by atoms with Crippen molar-refractivity contribution < 1.29 is 9.72 Å². The highest BCUT2D eigenvalue weighted by molar-refractivity contribution is 8.00. The number of hydrogen-bond acceptors (Lipinski definition) is 6. The number of amides is 1. The summed E-state index contributed by atoms with van der Waals surface area (Å²) in [5, 5.41) is 14.3. The summed E-state index contributed by atoms with van der Waals surface area (Å²) >= 11 is 2.87. The standard InChI is InChI=1S/C17H13N3O3S2/c1-24-17-18-14(11-6-3-2-4-7-11)16(25-17)19-15(21)12-8-5-9-13(10-12)20(22)23/h2-10H,1H3,(H,19,21). The fourth-order valence-electron chi connectivity index (χ4n) is 2.20. The van der Waals surface area contributed by atoms with Crippen LogP contribution in [0, 0.1) is 10.1 Å². The van der Waals surface area contributed by atoms with Crippen molar-refractivity contribution in [3.8, 4) is 11.3 Å². The summed E-state index contributed by atoms with van der Waals surface area (Å²) in [6.07, 6.45) is 1.92. The van der Waals surface area contributed by atoms with Crippen molar-refractivity contribution >= 4 is 39.7 Å². The van der Waals surface area contributed by atoms with Gasteiger partial charge in [0.15, 0.2) is 4.34 Å². The van der Waals surface area contributed by atoms with Gasteiger partial charge in [-0.1, -0.05) is 59.5 Å². The highest BCUT2D eigenvalue weighted by atomic mass is 32.2. The molecule has 0 aliphatic rings. The van der Waals surface area contributed by atoms with Crippen LogP contribution in [0.5, 0.6) is 0 Å². The molecule has 1 heterocycles. The molecule has 3 aromatic rings. The van der Waals surface area contributed by atoms with E-state index >= 15 is 0 Å². The van der Waals surface area contributed by atoms with Crippen LogP contribution in [0.25, 0.3) is 11.3 Å². The molecule has 1 N–H and O–H groups in total. The number of rotatable bonds is 5. The third-order valence-electron chi connectivity index (χ3n) is 3.38. The molecular weight excluding hydrogens is 358 g/mol. The van der Waals surface area contributed by atoms with E-state index in [-0.39, 0.29) is 11.3 Å². The zero-order chi connectivity index (χ0) is 17.8. The molecule has 0 radical (unpaired) electrons. The summed E-state index contributed by atoms with van der Waals surface area (Å²) in [5.41, 5.74) is 1.69. The minimum atomic E-state index is -0.523. The predicted molar refractivity (Wildman–Crippen MR) is 100 cm³/mol. The van der Waals surface area contributed by atoms with Crippen LogP contribution >= 0.6 is 23.1 Å². The van der Waals surface area contributed by atoms with E-state index in [2.05, 4.69) is 10.3 Å². The molecule has 0 bridgehead atoms. The van der Waals surface area contributed by atoms with E-state index < -0.39 is 10.8 Å². The molecule has 0 aliphatic carbocycles. The average Bonchev–Trinajstić information content (AvgIpc) is 3.05. The first kappa shape index (κ1) is 17.1. The molecular formula is C17H13N3O3S2. The van der Waals surface area contributed by atoms with E-state index in [0.29, 0.717) is 10.7 Å². The van der Waals surface area contributed by atoms with Crippen LogP contribution in [0.3, 0.4) is 0 Å². The zero-order valence-electron chi connectivity index (χ0n) is 13.1. The van der Waals surface area contributed by atoms with E-state index in [9.17, 15) is 14.9 Å². The fourth-order valence-corrected chi connectivity index (χ4v) is 3.68. The van der Waals surface area contributed by atoms with E-state index in [0.717, 1.165) is 9.90 Å². The van der Waals surface area contributed by atoms with Crippen molar-refractivity contribution in [2.45, 2.75) is 4.34 Å². The zero-order valence-corrected chi connectivity index (χ0v) is 14.8. The van der Waals surface area contributed by atoms with Crippen molar-refractivity contribution in [3.63, 3.8) is 0 Å². The average molecular weight is 371 g/mol. The maximum atomic E-state index is 12.5. The van der Waals surface area contributed by atoms with Gasteiger partial charge in [0.1, 0.15) is 10.7 Å². The normalized spacial score (nSPS) is 10.4. The molecule has 0 atom stereocenters. The van der Waals surface area contributed by atoms with Crippen LogP contribution in [-0.4, -0.2) is 22.1 Å². The van der Waals surface area contributed by atoms with Crippen LogP contribution < -0.4 is 5.32 Å². The molecule has 0 spiro atoms. The van der Waals surface area contributed by atoms with Crippen molar-refractivity contribution in [1.29, 1.82) is 0 Å². The minimum absolute atomic E-state index is 0.120. The van der Waals surface area contributed by atoms with Gasteiger partial charge in [0.05, 0.1) is 4.92 Å². The van der Waals surface area contributed by atoms with Crippen LogP contribution in [0.2, 0.25) is 0 Å². The molecule has 126 valence electrons. The van der Waals surface area contributed by atoms with Crippen LogP contribution in [0.4, 0.5) is 10.7 Å². The van der Waals surface area contributed by atoms with Gasteiger partial charge >= 0.3 is 0 Å². The Morgan fingerprint density at radius 3 is 2.64 bits per heavy atom. The Morgan fingerprint density at radius 1 is 1.20 bits per heavy atom. The van der Waals surface area contributed by atoms with Crippen molar-refractivity contribution in [1.82, 2.24) is 4.98 Å². The first-order valence-corrected chi connectivity index (χ1v) is 9.28. The van der Waals surface area contributed by atoms with E-state index in [1.165, 1.54) is 41.3 Å². The Labute approximate surface area is 152 Å². The van der Waals surface area contributed by atoms with Crippen molar-refractivity contribution in [3.05, 3.63) is 70.3 Å². The number of anilines is 1. The second-order valence-corrected chi connectivity index (χ2v) is 7.04. The second-order valence-electron chi connectivity index (χ2n) is 4.99. The summed E-state index contributed by atoms with van der Waals surface area (Å²) in [5.74, 6) is -0.405. The van der Waals surface area contributed by atoms with Crippen LogP contribution in [0.1, 0.15) is 10.4 Å². The Morgan fingerprint density at radius 2 is 1.96 bits per heavy atom. The van der Waals surface area contributed by atoms with E-state index in [1.807, 2.05) is 36.6 Å². The lowest BCUT2D eigenvalue weighted by Crippen LogP contribution is -2.11. The van der Waals surface area contributed by atoms with Crippen molar-refractivity contribution in [2.75, 3.05) is 11.6 Å². The number of thiazole rings is 1. The number of nitro benzene ring substituents is 1. The molecule has 25 heavy (non-hydrogen) atoms. The van der Waals surface area contributed by atoms with E-state index in [1.54, 1.807) is 6.07 Å². The quantitative estimate of drug-likeness (QED) is 0.399. The second kappa shape index (κ2) is 7.45. The highest BCUT2D eigenvalue weighted by Gasteiger charge is 2.17. The third-order valence-corrected chi connectivity index (χ3v) is 5.33. The maximum absolute atomic E-state index is 12.5. The lowest BCUT2D eigenvalue weighted by molar-refractivity contribution is -0.384. The molecule has 1 aromatic heterocycles. The first-order valence-electron chi connectivity index (χ1n) is 7.24. The number of non-ortho nitro benzene ring substituents is 1. The molecule has 6 nitrogen and oxygen atoms in total. The van der Waals surface area contributed by atoms with Gasteiger partial charge in [0.2, 0.25) is 0 Å². The number of nitrogens with one attached hydrogen (secondary N) is 1. The number of carbonyl (C=O) groups is 1. The number of benzene rings is 2. The monoisotopic (exact) mass is 371 g/mol. The van der Waals surface area contributed by atoms with Gasteiger partial charge in [-0.05, 0) is 12.3 Å². The fraction of sp³-hybridized carbons (Fsp3) is 0.0588. The minimum Gasteiger partial charge on any atom is -0.312 e. The number of hydrogen-bond donors (Lipinski definition) is 1. The smallest absolute Gasteiger partial charge is 0.270 e. The maximum Gasteiger partial charge on any atom is 0.270 e. The molecule has 0 saturated heterocycles. The van der Waals surface area contributed by atoms with Gasteiger partial charge < -0.3 is 5.32 Å². The Balaban J connectivity index is 1.92. The van der Waals surface area contributed by atoms with Gasteiger partial charge in [0.25, 0.3) is 11.6 Å². The van der Waals surface area contributed by atoms with Gasteiger partial charge in [0, 0.05) is 23.3 Å². The lowest BCUT2D eigenvalue weighted by atomic mass is 10.1. The van der Waals surface area contributed by atoms with Gasteiger partial charge in [-0.15, -0.1) is 0 Å². The Kier molecular flexibility index (Phi) is 5.11. The molecule has 0 aliphatic heterocycles. The molecule has 1 amide bonds. The van der Waals surface area contributed by atoms with E-state index in [4.69, 9.17) is 0 Å². The number of carbonyl (C=O) groups excluding carboxylic acids is 1. The number of nitrogens with zero attached hydrogens (tertiary/aromatic N) is 2. The highest BCUT2D eigenvalue weighted by Crippen LogP contribution is 2.37. The van der Waals surface area contributed by atoms with Gasteiger partial charge in [-0.25, -0.2) is 4.98 Å². The van der Waals surface area contributed by atoms with Gasteiger partial charge in [-0.2, -0.15) is 0 Å². The number of aromatic nitrogens is 1. The lowest BCUT2D eigenvalue weighted by Gasteiger charge is -2.05. The van der Waals surface area contributed by atoms with Crippen molar-refractivity contribution in [2.24, 2.45) is 0 Å². The summed E-state index contributed by atoms with van der Waals surface area (Å²) in [6, 6.07) is 15.2. The third kappa shape index (κ3) is 3.86. The Hall–Kier alpha value is -2.71. The summed E-state index contributed by atoms with van der Waals surface area (Å²) in [4.78, 5) is 27.4. The number of nitro groups is 1. The SMILES string of the molecule is CSc1nc(-c2ccccc2)c(NC(=O)c2cccc([N+](=O)[O-])c2)s1. The van der Waals surface area contributed by atoms with Gasteiger partial charge in [-0.3, -0.25) is 14.9 Å². The summed E-state index contributed by atoms with van der Waals surface area (Å²) in [6.45, 7) is 0. The molecule has 0 fully saturated rings. The first-order chi connectivity index (χ1) is 12.1.